The van der Waals surface area contributed by atoms with Crippen molar-refractivity contribution in [2.24, 2.45) is 11.8 Å². The van der Waals surface area contributed by atoms with Crippen LogP contribution in [0.25, 0.3) is 34.1 Å². The Labute approximate surface area is 231 Å². The molecule has 5 aromatic rings. The summed E-state index contributed by atoms with van der Waals surface area (Å²) < 4.78 is 38.1. The van der Waals surface area contributed by atoms with Gasteiger partial charge >= 0.3 is 5.76 Å². The lowest BCUT2D eigenvalue weighted by atomic mass is 9.83. The molecule has 5 heterocycles. The van der Waals surface area contributed by atoms with Crippen LogP contribution >= 0.6 is 11.6 Å². The van der Waals surface area contributed by atoms with Gasteiger partial charge in [-0.2, -0.15) is 0 Å². The highest BCUT2D eigenvalue weighted by Crippen LogP contribution is 2.39. The highest BCUT2D eigenvalue weighted by atomic mass is 35.5. The average molecular weight is 567 g/mol. The first-order valence-electron chi connectivity index (χ1n) is 13.0. The van der Waals surface area contributed by atoms with E-state index in [-0.39, 0.29) is 34.7 Å². The molecule has 0 bridgehead atoms. The Morgan fingerprint density at radius 1 is 1.20 bits per heavy atom. The average Bonchev–Trinajstić information content (AvgIpc) is 3.53. The normalized spacial score (nSPS) is 19.1. The van der Waals surface area contributed by atoms with Gasteiger partial charge in [-0.3, -0.25) is 19.5 Å². The molecule has 1 aliphatic carbocycles. The maximum Gasteiger partial charge on any atom is 0.439 e. The molecule has 1 saturated carbocycles. The standard InChI is InChI=1S/C27H25ClF2N8O2/c1-14-5-7-15(8-6-14)13-38-20-19(16-10-17(28)12-31-11-16)33-23(24-36-26(39)40-37-24)34-22(20)35-25(38)27(2,30)21-18(29)4-3-9-32-21/h3-4,9-12,14-15H,5-8,13H2,1-2H3,(H,36,37,39)/t14-,15-,27?. The molecule has 5 aromatic heterocycles. The number of imidazole rings is 1. The van der Waals surface area contributed by atoms with Gasteiger partial charge in [-0.1, -0.05) is 36.5 Å². The molecule has 40 heavy (non-hydrogen) atoms. The van der Waals surface area contributed by atoms with Crippen LogP contribution in [0.5, 0.6) is 0 Å². The van der Waals surface area contributed by atoms with Gasteiger partial charge in [0.1, 0.15) is 22.7 Å². The first-order valence-corrected chi connectivity index (χ1v) is 13.3. The lowest BCUT2D eigenvalue weighted by Crippen LogP contribution is -2.28. The molecule has 6 rings (SSSR count). The molecule has 13 heteroatoms. The fourth-order valence-electron chi connectivity index (χ4n) is 5.35. The quantitative estimate of drug-likeness (QED) is 0.286. The van der Waals surface area contributed by atoms with Crippen LogP contribution in [0.4, 0.5) is 8.78 Å². The second-order valence-electron chi connectivity index (χ2n) is 10.4. The second-order valence-corrected chi connectivity index (χ2v) is 10.8. The van der Waals surface area contributed by atoms with Gasteiger partial charge in [-0.05, 0) is 49.8 Å². The number of hydrogen-bond donors (Lipinski definition) is 1. The monoisotopic (exact) mass is 566 g/mol. The van der Waals surface area contributed by atoms with Crippen LogP contribution in [0.15, 0.2) is 46.1 Å². The van der Waals surface area contributed by atoms with E-state index in [2.05, 4.69) is 46.5 Å². The van der Waals surface area contributed by atoms with Crippen molar-refractivity contribution in [1.29, 1.82) is 0 Å². The summed E-state index contributed by atoms with van der Waals surface area (Å²) in [6.07, 6.45) is 8.40. The SMILES string of the molecule is CC(F)(c1ncccc1F)c1nc2nc(-c3noc(=O)[nH]3)nc(-c3cncc(Cl)c3)c2n1C[C@H]1CC[C@H](C)CC1. The predicted octanol–water partition coefficient (Wildman–Crippen LogP) is 5.48. The van der Waals surface area contributed by atoms with Crippen molar-refractivity contribution in [2.75, 3.05) is 0 Å². The summed E-state index contributed by atoms with van der Waals surface area (Å²) >= 11 is 6.28. The number of aromatic nitrogens is 8. The van der Waals surface area contributed by atoms with Crippen molar-refractivity contribution in [3.63, 3.8) is 0 Å². The van der Waals surface area contributed by atoms with Gasteiger partial charge in [0.15, 0.2) is 11.5 Å². The number of nitrogens with zero attached hydrogens (tertiary/aromatic N) is 7. The third kappa shape index (κ3) is 4.76. The van der Waals surface area contributed by atoms with E-state index in [1.54, 1.807) is 16.8 Å². The number of pyridine rings is 2. The highest BCUT2D eigenvalue weighted by molar-refractivity contribution is 6.30. The zero-order valence-electron chi connectivity index (χ0n) is 21.7. The Balaban J connectivity index is 1.64. The maximum absolute atomic E-state index is 16.8. The lowest BCUT2D eigenvalue weighted by Gasteiger charge is -2.29. The van der Waals surface area contributed by atoms with Gasteiger partial charge in [-0.25, -0.2) is 28.5 Å². The maximum atomic E-state index is 16.8. The van der Waals surface area contributed by atoms with Gasteiger partial charge in [0.25, 0.3) is 0 Å². The van der Waals surface area contributed by atoms with E-state index in [4.69, 9.17) is 11.6 Å². The lowest BCUT2D eigenvalue weighted by molar-refractivity contribution is 0.203. The van der Waals surface area contributed by atoms with E-state index in [9.17, 15) is 9.18 Å². The first kappa shape index (κ1) is 26.2. The van der Waals surface area contributed by atoms with Gasteiger partial charge in [0, 0.05) is 30.7 Å². The molecule has 0 saturated heterocycles. The van der Waals surface area contributed by atoms with Crippen LogP contribution < -0.4 is 5.76 Å². The minimum atomic E-state index is -2.42. The Kier molecular flexibility index (Phi) is 6.65. The number of alkyl halides is 1. The van der Waals surface area contributed by atoms with Crippen molar-refractivity contribution in [3.8, 4) is 22.9 Å². The van der Waals surface area contributed by atoms with Crippen LogP contribution in [0.1, 0.15) is 51.0 Å². The minimum Gasteiger partial charge on any atom is -0.321 e. The summed E-state index contributed by atoms with van der Waals surface area (Å²) in [6.45, 7) is 3.88. The number of hydrogen-bond acceptors (Lipinski definition) is 8. The molecule has 1 atom stereocenters. The van der Waals surface area contributed by atoms with Gasteiger partial charge in [-0.15, -0.1) is 0 Å². The molecule has 206 valence electrons. The number of aromatic amines is 1. The van der Waals surface area contributed by atoms with Gasteiger partial charge in [0.05, 0.1) is 5.02 Å². The molecule has 0 amide bonds. The zero-order chi connectivity index (χ0) is 28.0. The number of halogens is 3. The summed E-state index contributed by atoms with van der Waals surface area (Å²) in [5, 5.41) is 4.07. The number of rotatable bonds is 6. The summed E-state index contributed by atoms with van der Waals surface area (Å²) in [5.74, 6) is -0.815. The molecular weight excluding hydrogens is 542 g/mol. The molecule has 1 unspecified atom stereocenters. The Hall–Kier alpha value is -4.06. The van der Waals surface area contributed by atoms with Crippen molar-refractivity contribution < 1.29 is 13.3 Å². The third-order valence-electron chi connectivity index (χ3n) is 7.43. The molecule has 1 fully saturated rings. The van der Waals surface area contributed by atoms with E-state index in [0.717, 1.165) is 31.7 Å². The smallest absolute Gasteiger partial charge is 0.321 e. The van der Waals surface area contributed by atoms with Crippen molar-refractivity contribution >= 4 is 22.8 Å². The fraction of sp³-hybridized carbons (Fsp3) is 0.370. The molecule has 1 aliphatic rings. The second kappa shape index (κ2) is 10.2. The molecule has 1 N–H and O–H groups in total. The Morgan fingerprint density at radius 3 is 2.70 bits per heavy atom. The zero-order valence-corrected chi connectivity index (χ0v) is 22.5. The van der Waals surface area contributed by atoms with E-state index < -0.39 is 17.2 Å². The van der Waals surface area contributed by atoms with Crippen molar-refractivity contribution in [1.82, 2.24) is 39.6 Å². The van der Waals surface area contributed by atoms with Crippen LogP contribution in [0, 0.1) is 17.7 Å². The van der Waals surface area contributed by atoms with Gasteiger partial charge in [0.2, 0.25) is 17.3 Å². The third-order valence-corrected chi connectivity index (χ3v) is 7.64. The Morgan fingerprint density at radius 2 is 2.00 bits per heavy atom. The number of nitrogens with one attached hydrogen (secondary N) is 1. The van der Waals surface area contributed by atoms with Crippen LogP contribution in [0.3, 0.4) is 0 Å². The van der Waals surface area contributed by atoms with E-state index in [1.807, 2.05) is 0 Å². The summed E-state index contributed by atoms with van der Waals surface area (Å²) in [6, 6.07) is 4.23. The molecule has 0 spiro atoms. The van der Waals surface area contributed by atoms with E-state index in [1.165, 1.54) is 25.4 Å². The highest BCUT2D eigenvalue weighted by Gasteiger charge is 2.40. The van der Waals surface area contributed by atoms with Gasteiger partial charge < -0.3 is 4.57 Å². The summed E-state index contributed by atoms with van der Waals surface area (Å²) in [5.41, 5.74) is -1.39. The minimum absolute atomic E-state index is 0.000551. The molecule has 0 aromatic carbocycles. The molecule has 0 radical (unpaired) electrons. The molecule has 0 aliphatic heterocycles. The van der Waals surface area contributed by atoms with E-state index in [0.29, 0.717) is 34.3 Å². The largest absolute Gasteiger partial charge is 0.439 e. The number of fused-ring (bicyclic) bond motifs is 1. The fourth-order valence-corrected chi connectivity index (χ4v) is 5.53. The van der Waals surface area contributed by atoms with E-state index >= 15 is 4.39 Å². The van der Waals surface area contributed by atoms with Crippen LogP contribution in [0.2, 0.25) is 5.02 Å². The predicted molar refractivity (Wildman–Crippen MR) is 143 cm³/mol. The summed E-state index contributed by atoms with van der Waals surface area (Å²) in [4.78, 5) is 36.1. The molecular formula is C27H25ClF2N8O2. The number of H-pyrrole nitrogens is 1. The van der Waals surface area contributed by atoms with Crippen LogP contribution in [-0.4, -0.2) is 39.6 Å². The van der Waals surface area contributed by atoms with Crippen molar-refractivity contribution in [2.45, 2.75) is 51.7 Å². The summed E-state index contributed by atoms with van der Waals surface area (Å²) in [7, 11) is 0. The Bertz CT molecular complexity index is 1760. The van der Waals surface area contributed by atoms with Crippen LogP contribution in [-0.2, 0) is 12.2 Å². The molecule has 10 nitrogen and oxygen atoms in total. The first-order chi connectivity index (χ1) is 19.2. The topological polar surface area (TPSA) is 128 Å². The van der Waals surface area contributed by atoms with Crippen molar-refractivity contribution in [3.05, 3.63) is 69.7 Å².